The van der Waals surface area contributed by atoms with Crippen LogP contribution in [0.1, 0.15) is 27.2 Å². The minimum absolute atomic E-state index is 0.239. The van der Waals surface area contributed by atoms with Crippen molar-refractivity contribution in [1.82, 2.24) is 9.21 Å². The van der Waals surface area contributed by atoms with E-state index >= 15 is 0 Å². The summed E-state index contributed by atoms with van der Waals surface area (Å²) in [5.74, 6) is 0.251. The molecular weight excluding hydrogens is 470 g/mol. The standard InChI is InChI=1S/C21H25N3O5S3/c1-28-14-6-8-15(9-7-14)32(26,27)24-12-10-23(11-13-24)21(30)22-19-18(20(25)29-2)16-4-3-5-17(16)31-19/h6-9H,3-5,10-13H2,1-2H3,(H,22,30). The van der Waals surface area contributed by atoms with Gasteiger partial charge in [0.1, 0.15) is 10.8 Å². The summed E-state index contributed by atoms with van der Waals surface area (Å²) < 4.78 is 37.5. The van der Waals surface area contributed by atoms with Crippen molar-refractivity contribution < 1.29 is 22.7 Å². The van der Waals surface area contributed by atoms with Crippen molar-refractivity contribution in [3.05, 3.63) is 40.3 Å². The van der Waals surface area contributed by atoms with Gasteiger partial charge in [0, 0.05) is 31.1 Å². The second-order valence-electron chi connectivity index (χ2n) is 7.55. The van der Waals surface area contributed by atoms with Crippen LogP contribution in [-0.2, 0) is 27.6 Å². The lowest BCUT2D eigenvalue weighted by atomic mass is 10.1. The summed E-state index contributed by atoms with van der Waals surface area (Å²) in [4.78, 5) is 15.7. The maximum Gasteiger partial charge on any atom is 0.341 e. The van der Waals surface area contributed by atoms with Crippen LogP contribution in [0.25, 0.3) is 0 Å². The maximum atomic E-state index is 13.0. The minimum Gasteiger partial charge on any atom is -0.497 e. The van der Waals surface area contributed by atoms with Gasteiger partial charge in [-0.05, 0) is 61.3 Å². The summed E-state index contributed by atoms with van der Waals surface area (Å²) in [5, 5.41) is 4.41. The molecule has 1 aliphatic carbocycles. The smallest absolute Gasteiger partial charge is 0.341 e. The molecule has 2 aromatic rings. The normalized spacial score (nSPS) is 16.5. The third-order valence-corrected chi connectivity index (χ3v) is 9.23. The van der Waals surface area contributed by atoms with Crippen LogP contribution < -0.4 is 10.1 Å². The van der Waals surface area contributed by atoms with Gasteiger partial charge in [-0.15, -0.1) is 11.3 Å². The van der Waals surface area contributed by atoms with E-state index in [1.165, 1.54) is 23.4 Å². The van der Waals surface area contributed by atoms with Crippen LogP contribution in [0.4, 0.5) is 5.00 Å². The molecule has 0 amide bonds. The van der Waals surface area contributed by atoms with Crippen LogP contribution >= 0.6 is 23.6 Å². The number of nitrogens with one attached hydrogen (secondary N) is 1. The Morgan fingerprint density at radius 2 is 1.78 bits per heavy atom. The fourth-order valence-corrected chi connectivity index (χ4v) is 7.06. The van der Waals surface area contributed by atoms with E-state index in [0.717, 1.165) is 24.8 Å². The van der Waals surface area contributed by atoms with Crippen LogP contribution in [0.3, 0.4) is 0 Å². The lowest BCUT2D eigenvalue weighted by Gasteiger charge is -2.35. The Morgan fingerprint density at radius 3 is 2.41 bits per heavy atom. The van der Waals surface area contributed by atoms with Crippen LogP contribution in [-0.4, -0.2) is 69.1 Å². The summed E-state index contributed by atoms with van der Waals surface area (Å²) in [6.45, 7) is 1.56. The molecule has 8 nitrogen and oxygen atoms in total. The number of methoxy groups -OCH3 is 2. The van der Waals surface area contributed by atoms with Crippen LogP contribution in [0.5, 0.6) is 5.75 Å². The van der Waals surface area contributed by atoms with Gasteiger partial charge in [-0.25, -0.2) is 13.2 Å². The van der Waals surface area contributed by atoms with Crippen molar-refractivity contribution in [3.8, 4) is 5.75 Å². The number of fused-ring (bicyclic) bond motifs is 1. The van der Waals surface area contributed by atoms with Gasteiger partial charge in [-0.2, -0.15) is 4.31 Å². The van der Waals surface area contributed by atoms with E-state index in [9.17, 15) is 13.2 Å². The third-order valence-electron chi connectivity index (χ3n) is 5.75. The molecule has 0 bridgehead atoms. The highest BCUT2D eigenvalue weighted by Gasteiger charge is 2.31. The molecule has 1 aliphatic heterocycles. The SMILES string of the molecule is COC(=O)c1c(NC(=S)N2CCN(S(=O)(=O)c3ccc(OC)cc3)CC2)sc2c1CCC2. The van der Waals surface area contributed by atoms with Crippen molar-refractivity contribution in [2.45, 2.75) is 24.2 Å². The van der Waals surface area contributed by atoms with Crippen LogP contribution in [0, 0.1) is 0 Å². The minimum atomic E-state index is -3.59. The Hall–Kier alpha value is -2.21. The summed E-state index contributed by atoms with van der Waals surface area (Å²) in [5.41, 5.74) is 1.63. The number of nitrogens with zero attached hydrogens (tertiary/aromatic N) is 2. The molecule has 0 radical (unpaired) electrons. The summed E-state index contributed by atoms with van der Waals surface area (Å²) >= 11 is 7.13. The molecule has 1 aromatic carbocycles. The number of thiophene rings is 1. The van der Waals surface area contributed by atoms with Crippen molar-refractivity contribution in [2.24, 2.45) is 0 Å². The number of rotatable bonds is 5. The number of carbonyl (C=O) groups excluding carboxylic acids is 1. The molecule has 11 heteroatoms. The van der Waals surface area contributed by atoms with Gasteiger partial charge < -0.3 is 19.7 Å². The largest absolute Gasteiger partial charge is 0.497 e. The summed E-state index contributed by atoms with van der Waals surface area (Å²) in [7, 11) is -0.666. The second-order valence-corrected chi connectivity index (χ2v) is 11.0. The molecule has 0 saturated carbocycles. The van der Waals surface area contributed by atoms with Crippen molar-refractivity contribution in [1.29, 1.82) is 0 Å². The number of anilines is 1. The number of piperazine rings is 1. The Labute approximate surface area is 197 Å². The predicted octanol–water partition coefficient (Wildman–Crippen LogP) is 2.74. The number of carbonyl (C=O) groups is 1. The zero-order chi connectivity index (χ0) is 22.9. The lowest BCUT2D eigenvalue weighted by Crippen LogP contribution is -2.51. The molecule has 4 rings (SSSR count). The number of esters is 1. The quantitative estimate of drug-likeness (QED) is 0.501. The molecule has 1 saturated heterocycles. The Kier molecular flexibility index (Phi) is 6.70. The van der Waals surface area contributed by atoms with E-state index in [0.29, 0.717) is 47.6 Å². The highest BCUT2D eigenvalue weighted by molar-refractivity contribution is 7.89. The number of thiocarbonyl (C=S) groups is 1. The number of benzene rings is 1. The fourth-order valence-electron chi connectivity index (χ4n) is 4.01. The van der Waals surface area contributed by atoms with E-state index in [4.69, 9.17) is 21.7 Å². The Morgan fingerprint density at radius 1 is 1.09 bits per heavy atom. The molecule has 172 valence electrons. The lowest BCUT2D eigenvalue weighted by molar-refractivity contribution is 0.0601. The van der Waals surface area contributed by atoms with E-state index in [-0.39, 0.29) is 10.9 Å². The van der Waals surface area contributed by atoms with E-state index in [1.807, 2.05) is 4.90 Å². The van der Waals surface area contributed by atoms with Gasteiger partial charge in [-0.3, -0.25) is 0 Å². The van der Waals surface area contributed by atoms with Gasteiger partial charge in [0.2, 0.25) is 10.0 Å². The first-order valence-corrected chi connectivity index (χ1v) is 12.9. The molecular formula is C21H25N3O5S3. The van der Waals surface area contributed by atoms with E-state index in [2.05, 4.69) is 5.32 Å². The summed E-state index contributed by atoms with van der Waals surface area (Å²) in [6.07, 6.45) is 2.87. The first-order valence-electron chi connectivity index (χ1n) is 10.3. The topological polar surface area (TPSA) is 88.2 Å². The number of ether oxygens (including phenoxy) is 2. The average Bonchev–Trinajstić information content (AvgIpc) is 3.39. The maximum absolute atomic E-state index is 13.0. The number of sulfonamides is 1. The van der Waals surface area contributed by atoms with E-state index < -0.39 is 10.0 Å². The Bertz CT molecular complexity index is 1120. The van der Waals surface area contributed by atoms with Crippen molar-refractivity contribution in [3.63, 3.8) is 0 Å². The number of hydrogen-bond acceptors (Lipinski definition) is 7. The number of aryl methyl sites for hydroxylation is 1. The molecule has 2 aliphatic rings. The zero-order valence-corrected chi connectivity index (χ0v) is 20.4. The third kappa shape index (κ3) is 4.34. The van der Waals surface area contributed by atoms with Crippen molar-refractivity contribution >= 4 is 49.7 Å². The first-order chi connectivity index (χ1) is 15.3. The number of hydrogen-bond donors (Lipinski definition) is 1. The molecule has 0 spiro atoms. The van der Waals surface area contributed by atoms with Gasteiger partial charge in [0.25, 0.3) is 0 Å². The molecule has 32 heavy (non-hydrogen) atoms. The molecule has 1 N–H and O–H groups in total. The molecule has 2 heterocycles. The van der Waals surface area contributed by atoms with Gasteiger partial charge in [-0.1, -0.05) is 0 Å². The van der Waals surface area contributed by atoms with Gasteiger partial charge in [0.05, 0.1) is 24.7 Å². The van der Waals surface area contributed by atoms with Crippen LogP contribution in [0.2, 0.25) is 0 Å². The summed E-state index contributed by atoms with van der Waals surface area (Å²) in [6, 6.07) is 6.38. The fraction of sp³-hybridized carbons (Fsp3) is 0.429. The predicted molar refractivity (Wildman–Crippen MR) is 127 cm³/mol. The Balaban J connectivity index is 1.41. The van der Waals surface area contributed by atoms with Gasteiger partial charge >= 0.3 is 5.97 Å². The van der Waals surface area contributed by atoms with Crippen molar-refractivity contribution in [2.75, 3.05) is 45.7 Å². The molecule has 1 fully saturated rings. The average molecular weight is 496 g/mol. The molecule has 0 unspecified atom stereocenters. The van der Waals surface area contributed by atoms with E-state index in [1.54, 1.807) is 35.6 Å². The highest BCUT2D eigenvalue weighted by Crippen LogP contribution is 2.39. The molecule has 1 aromatic heterocycles. The monoisotopic (exact) mass is 495 g/mol. The first kappa shape index (κ1) is 23.0. The highest BCUT2D eigenvalue weighted by atomic mass is 32.2. The molecule has 0 atom stereocenters. The van der Waals surface area contributed by atoms with Gasteiger partial charge in [0.15, 0.2) is 5.11 Å². The zero-order valence-electron chi connectivity index (χ0n) is 17.9. The van der Waals surface area contributed by atoms with Crippen LogP contribution in [0.15, 0.2) is 29.2 Å². The second kappa shape index (κ2) is 9.34.